The molecule has 12 nitrogen and oxygen atoms in total. The second-order valence-electron chi connectivity index (χ2n) is 10.7. The van der Waals surface area contributed by atoms with Gasteiger partial charge in [0, 0.05) is 26.6 Å². The molecule has 2 atom stereocenters. The van der Waals surface area contributed by atoms with Gasteiger partial charge in [-0.15, -0.1) is 0 Å². The van der Waals surface area contributed by atoms with Crippen molar-refractivity contribution in [3.63, 3.8) is 0 Å². The van der Waals surface area contributed by atoms with Crippen LogP contribution < -0.4 is 31.2 Å². The van der Waals surface area contributed by atoms with Crippen LogP contribution in [0.4, 0.5) is 10.5 Å². The third kappa shape index (κ3) is 13.5. The van der Waals surface area contributed by atoms with Gasteiger partial charge in [-0.2, -0.15) is 0 Å². The van der Waals surface area contributed by atoms with Gasteiger partial charge in [-0.3, -0.25) is 29.6 Å². The van der Waals surface area contributed by atoms with Gasteiger partial charge in [-0.05, 0) is 60.7 Å². The zero-order valence-corrected chi connectivity index (χ0v) is 27.0. The van der Waals surface area contributed by atoms with Crippen LogP contribution in [0.15, 0.2) is 91.0 Å². The van der Waals surface area contributed by atoms with Crippen LogP contribution in [0.3, 0.4) is 0 Å². The number of nitrogens with one attached hydrogen (secondary N) is 5. The molecule has 0 aliphatic rings. The van der Waals surface area contributed by atoms with Crippen LogP contribution >= 0.6 is 11.8 Å². The molecule has 0 aliphatic carbocycles. The first kappa shape index (κ1) is 36.5. The van der Waals surface area contributed by atoms with Gasteiger partial charge < -0.3 is 20.7 Å². The highest BCUT2D eigenvalue weighted by Gasteiger charge is 2.30. The highest BCUT2D eigenvalue weighted by Crippen LogP contribution is 2.10. The number of ketones is 1. The summed E-state index contributed by atoms with van der Waals surface area (Å²) in [6.45, 7) is 0.549. The third-order valence-electron chi connectivity index (χ3n) is 7.08. The standard InChI is InChI=1S/C34H41ClN6O6/c1-41(27-17-9-4-10-18-27)40-30(42)21-20-29(39-34(46)47-24-26-15-7-3-8-16-26)32(44)38-28(19-11-12-22-37-35)31(43)33(45)36-23-25-13-5-2-6-14-25/h2-10,13-18,28-29,37H,11-12,19-24H2,1H3,(H,36,45)(H,38,44)(H,39,46)(H,40,42)/t28-,29-/m0/s1. The van der Waals surface area contributed by atoms with Gasteiger partial charge in [0.1, 0.15) is 12.6 Å². The highest BCUT2D eigenvalue weighted by molar-refractivity contribution is 6.38. The lowest BCUT2D eigenvalue weighted by atomic mass is 10.0. The topological polar surface area (TPSA) is 158 Å². The molecule has 250 valence electrons. The van der Waals surface area contributed by atoms with E-state index in [2.05, 4.69) is 26.2 Å². The van der Waals surface area contributed by atoms with Crippen LogP contribution in [0.25, 0.3) is 0 Å². The first-order valence-electron chi connectivity index (χ1n) is 15.3. The van der Waals surface area contributed by atoms with Crippen molar-refractivity contribution < 1.29 is 28.7 Å². The maximum atomic E-state index is 13.6. The fourth-order valence-electron chi connectivity index (χ4n) is 4.52. The van der Waals surface area contributed by atoms with E-state index < -0.39 is 41.7 Å². The predicted octanol–water partition coefficient (Wildman–Crippen LogP) is 3.51. The maximum absolute atomic E-state index is 13.6. The Morgan fingerprint density at radius 1 is 0.766 bits per heavy atom. The van der Waals surface area contributed by atoms with Gasteiger partial charge in [-0.1, -0.05) is 78.9 Å². The quantitative estimate of drug-likeness (QED) is 0.0564. The minimum atomic E-state index is -1.25. The number of benzene rings is 3. The Hall–Kier alpha value is -4.94. The average molecular weight is 665 g/mol. The van der Waals surface area contributed by atoms with Crippen molar-refractivity contribution >= 4 is 47.1 Å². The lowest BCUT2D eigenvalue weighted by molar-refractivity contribution is -0.140. The first-order chi connectivity index (χ1) is 22.8. The Kier molecular flexibility index (Phi) is 15.7. The second kappa shape index (κ2) is 20.2. The zero-order valence-electron chi connectivity index (χ0n) is 26.2. The molecule has 5 N–H and O–H groups in total. The number of ether oxygens (including phenoxy) is 1. The molecule has 3 rings (SSSR count). The number of alkyl carbamates (subject to hydrolysis) is 1. The number of carbonyl (C=O) groups is 5. The molecule has 4 amide bonds. The van der Waals surface area contributed by atoms with Crippen LogP contribution in [0.1, 0.15) is 43.2 Å². The van der Waals surface area contributed by atoms with Gasteiger partial charge in [0.05, 0.1) is 11.7 Å². The molecule has 3 aromatic rings. The SMILES string of the molecule is CN(NC(=O)CC[C@H](NC(=O)OCc1ccccc1)C(=O)N[C@@H](CCCCNCl)C(=O)C(=O)NCc1ccccc1)c1ccccc1. The summed E-state index contributed by atoms with van der Waals surface area (Å²) in [5.41, 5.74) is 5.02. The summed E-state index contributed by atoms with van der Waals surface area (Å²) < 4.78 is 5.31. The molecule has 0 aliphatic heterocycles. The molecule has 0 unspecified atom stereocenters. The molecule has 0 bridgehead atoms. The average Bonchev–Trinajstić information content (AvgIpc) is 3.10. The van der Waals surface area contributed by atoms with Gasteiger partial charge >= 0.3 is 6.09 Å². The summed E-state index contributed by atoms with van der Waals surface area (Å²) in [5, 5.41) is 9.28. The number of para-hydroxylation sites is 1. The van der Waals surface area contributed by atoms with E-state index >= 15 is 0 Å². The molecule has 47 heavy (non-hydrogen) atoms. The van der Waals surface area contributed by atoms with Crippen LogP contribution in [0, 0.1) is 0 Å². The molecule has 0 fully saturated rings. The largest absolute Gasteiger partial charge is 0.445 e. The summed E-state index contributed by atoms with van der Waals surface area (Å²) in [4.78, 5) is 67.7. The Bertz CT molecular complexity index is 1430. The van der Waals surface area contributed by atoms with Crippen molar-refractivity contribution in [2.75, 3.05) is 18.6 Å². The lowest BCUT2D eigenvalue weighted by Gasteiger charge is -2.24. The van der Waals surface area contributed by atoms with E-state index in [0.717, 1.165) is 16.8 Å². The molecule has 0 radical (unpaired) electrons. The molecular formula is C34H41ClN6O6. The molecule has 0 spiro atoms. The van der Waals surface area contributed by atoms with Crippen molar-refractivity contribution in [1.82, 2.24) is 26.2 Å². The van der Waals surface area contributed by atoms with Crippen LogP contribution in [-0.4, -0.2) is 55.3 Å². The van der Waals surface area contributed by atoms with E-state index in [1.807, 2.05) is 66.7 Å². The number of hydrazine groups is 1. The number of nitrogens with zero attached hydrogens (tertiary/aromatic N) is 1. The fraction of sp³-hybridized carbons (Fsp3) is 0.324. The van der Waals surface area contributed by atoms with E-state index in [4.69, 9.17) is 16.5 Å². The lowest BCUT2D eigenvalue weighted by Crippen LogP contribution is -2.54. The minimum Gasteiger partial charge on any atom is -0.445 e. The molecule has 0 saturated carbocycles. The summed E-state index contributed by atoms with van der Waals surface area (Å²) in [6.07, 6.45) is 0.0530. The van der Waals surface area contributed by atoms with Gasteiger partial charge in [0.2, 0.25) is 17.6 Å². The van der Waals surface area contributed by atoms with Crippen LogP contribution in [0.5, 0.6) is 0 Å². The summed E-state index contributed by atoms with van der Waals surface area (Å²) >= 11 is 5.56. The Morgan fingerprint density at radius 3 is 2.02 bits per heavy atom. The van der Waals surface area contributed by atoms with Crippen molar-refractivity contribution in [2.24, 2.45) is 0 Å². The van der Waals surface area contributed by atoms with E-state index in [-0.39, 0.29) is 32.4 Å². The third-order valence-corrected chi connectivity index (χ3v) is 7.27. The van der Waals surface area contributed by atoms with Crippen molar-refractivity contribution in [2.45, 2.75) is 57.3 Å². The molecule has 3 aromatic carbocycles. The number of halogens is 1. The van der Waals surface area contributed by atoms with Gasteiger partial charge in [0.15, 0.2) is 0 Å². The Balaban J connectivity index is 1.69. The highest BCUT2D eigenvalue weighted by atomic mass is 35.5. The molecule has 0 heterocycles. The second-order valence-corrected chi connectivity index (χ2v) is 11.0. The molecular weight excluding hydrogens is 624 g/mol. The number of carbonyl (C=O) groups excluding carboxylic acids is 5. The summed E-state index contributed by atoms with van der Waals surface area (Å²) in [7, 11) is 1.68. The normalized spacial score (nSPS) is 11.8. The number of rotatable bonds is 19. The Labute approximate surface area is 279 Å². The van der Waals surface area contributed by atoms with E-state index in [1.54, 1.807) is 31.3 Å². The monoisotopic (exact) mass is 664 g/mol. The van der Waals surface area contributed by atoms with Gasteiger partial charge in [0.25, 0.3) is 5.91 Å². The van der Waals surface area contributed by atoms with Crippen molar-refractivity contribution in [3.8, 4) is 0 Å². The summed E-state index contributed by atoms with van der Waals surface area (Å²) in [5.74, 6) is -2.84. The fourth-order valence-corrected chi connectivity index (χ4v) is 4.65. The number of hydrogen-bond donors (Lipinski definition) is 5. The van der Waals surface area contributed by atoms with E-state index in [9.17, 15) is 24.0 Å². The Morgan fingerprint density at radius 2 is 1.38 bits per heavy atom. The smallest absolute Gasteiger partial charge is 0.408 e. The van der Waals surface area contributed by atoms with Crippen LogP contribution in [0.2, 0.25) is 0 Å². The minimum absolute atomic E-state index is 0.0410. The van der Waals surface area contributed by atoms with Gasteiger partial charge in [-0.25, -0.2) is 9.63 Å². The first-order valence-corrected chi connectivity index (χ1v) is 15.7. The number of hydrogen-bond acceptors (Lipinski definition) is 8. The van der Waals surface area contributed by atoms with E-state index in [1.165, 1.54) is 5.01 Å². The number of anilines is 1. The number of Topliss-reactive ketones (excluding diaryl/α,β-unsaturated/α-hetero) is 1. The molecule has 13 heteroatoms. The molecule has 0 aromatic heterocycles. The molecule has 0 saturated heterocycles. The summed E-state index contributed by atoms with van der Waals surface area (Å²) in [6, 6.07) is 24.8. The van der Waals surface area contributed by atoms with Crippen molar-refractivity contribution in [1.29, 1.82) is 0 Å². The van der Waals surface area contributed by atoms with Crippen LogP contribution in [-0.2, 0) is 37.1 Å². The van der Waals surface area contributed by atoms with E-state index in [0.29, 0.717) is 19.4 Å². The number of amides is 4. The maximum Gasteiger partial charge on any atom is 0.408 e. The zero-order chi connectivity index (χ0) is 33.9. The number of unbranched alkanes of at least 4 members (excludes halogenated alkanes) is 1. The van der Waals surface area contributed by atoms with Crippen molar-refractivity contribution in [3.05, 3.63) is 102 Å². The predicted molar refractivity (Wildman–Crippen MR) is 179 cm³/mol.